The molecule has 1 amide bonds. The van der Waals surface area contributed by atoms with Crippen molar-refractivity contribution in [3.63, 3.8) is 0 Å². The van der Waals surface area contributed by atoms with Crippen molar-refractivity contribution in [3.8, 4) is 11.5 Å². The molecule has 0 atom stereocenters. The van der Waals surface area contributed by atoms with Crippen molar-refractivity contribution in [1.29, 1.82) is 0 Å². The molecule has 8 nitrogen and oxygen atoms in total. The minimum atomic E-state index is -0.371. The van der Waals surface area contributed by atoms with Gasteiger partial charge in [-0.05, 0) is 29.8 Å². The van der Waals surface area contributed by atoms with Crippen molar-refractivity contribution in [3.05, 3.63) is 75.9 Å². The number of thiophene rings is 1. The maximum absolute atomic E-state index is 13.1. The monoisotopic (exact) mass is 406 g/mol. The van der Waals surface area contributed by atoms with E-state index in [9.17, 15) is 9.59 Å². The number of anilines is 1. The number of nitrogens with one attached hydrogen (secondary N) is 1. The van der Waals surface area contributed by atoms with E-state index in [0.717, 1.165) is 5.56 Å². The van der Waals surface area contributed by atoms with Gasteiger partial charge in [0.05, 0.1) is 35.7 Å². The SMILES string of the molecule is O=C(Nc1cccnc1)c1csc2ncn(Cc3ccc4c(c3)OCO4)c(=O)c12. The number of pyridine rings is 1. The molecule has 1 N–H and O–H groups in total. The van der Waals surface area contributed by atoms with Crippen LogP contribution in [0.15, 0.2) is 59.2 Å². The van der Waals surface area contributed by atoms with Crippen molar-refractivity contribution in [2.24, 2.45) is 0 Å². The number of fused-ring (bicyclic) bond motifs is 2. The highest BCUT2D eigenvalue weighted by Crippen LogP contribution is 2.32. The molecule has 5 rings (SSSR count). The van der Waals surface area contributed by atoms with E-state index in [1.54, 1.807) is 29.9 Å². The molecule has 0 bridgehead atoms. The molecule has 0 aliphatic carbocycles. The average Bonchev–Trinajstić information content (AvgIpc) is 3.38. The van der Waals surface area contributed by atoms with Crippen LogP contribution in [0.2, 0.25) is 0 Å². The maximum Gasteiger partial charge on any atom is 0.263 e. The Kier molecular flexibility index (Phi) is 4.21. The molecule has 1 aromatic carbocycles. The maximum atomic E-state index is 13.1. The van der Waals surface area contributed by atoms with E-state index in [0.29, 0.717) is 39.5 Å². The summed E-state index contributed by atoms with van der Waals surface area (Å²) in [5.41, 5.74) is 1.45. The lowest BCUT2D eigenvalue weighted by Crippen LogP contribution is -2.23. The summed E-state index contributed by atoms with van der Waals surface area (Å²) in [5, 5.41) is 4.71. The van der Waals surface area contributed by atoms with E-state index in [4.69, 9.17) is 9.47 Å². The highest BCUT2D eigenvalue weighted by molar-refractivity contribution is 7.17. The predicted octanol–water partition coefficient (Wildman–Crippen LogP) is 2.88. The van der Waals surface area contributed by atoms with E-state index in [1.165, 1.54) is 22.2 Å². The zero-order valence-corrected chi connectivity index (χ0v) is 15.8. The van der Waals surface area contributed by atoms with Crippen LogP contribution in [0.25, 0.3) is 10.2 Å². The summed E-state index contributed by atoms with van der Waals surface area (Å²) in [7, 11) is 0. The van der Waals surface area contributed by atoms with Crippen LogP contribution in [-0.2, 0) is 6.54 Å². The molecular weight excluding hydrogens is 392 g/mol. The van der Waals surface area contributed by atoms with Gasteiger partial charge in [0, 0.05) is 11.6 Å². The van der Waals surface area contributed by atoms with E-state index < -0.39 is 0 Å². The smallest absolute Gasteiger partial charge is 0.263 e. The van der Waals surface area contributed by atoms with Crippen molar-refractivity contribution < 1.29 is 14.3 Å². The second kappa shape index (κ2) is 7.02. The summed E-state index contributed by atoms with van der Waals surface area (Å²) in [6, 6.07) is 8.97. The summed E-state index contributed by atoms with van der Waals surface area (Å²) in [6.45, 7) is 0.495. The zero-order valence-electron chi connectivity index (χ0n) is 15.0. The molecule has 0 saturated heterocycles. The molecule has 0 radical (unpaired) electrons. The molecule has 9 heteroatoms. The van der Waals surface area contributed by atoms with Gasteiger partial charge in [0.15, 0.2) is 11.5 Å². The average molecular weight is 406 g/mol. The molecule has 3 aromatic heterocycles. The van der Waals surface area contributed by atoms with Crippen LogP contribution in [0, 0.1) is 0 Å². The van der Waals surface area contributed by atoms with Gasteiger partial charge in [-0.1, -0.05) is 6.07 Å². The van der Waals surface area contributed by atoms with Gasteiger partial charge in [0.25, 0.3) is 11.5 Å². The van der Waals surface area contributed by atoms with Crippen LogP contribution in [0.1, 0.15) is 15.9 Å². The Bertz CT molecular complexity index is 1280. The van der Waals surface area contributed by atoms with E-state index >= 15 is 0 Å². The van der Waals surface area contributed by atoms with Crippen molar-refractivity contribution in [2.75, 3.05) is 12.1 Å². The fourth-order valence-corrected chi connectivity index (χ4v) is 4.00. The second-order valence-corrected chi connectivity index (χ2v) is 7.25. The lowest BCUT2D eigenvalue weighted by atomic mass is 10.2. The van der Waals surface area contributed by atoms with Gasteiger partial charge in [-0.3, -0.25) is 19.1 Å². The summed E-state index contributed by atoms with van der Waals surface area (Å²) >= 11 is 1.26. The Hall–Kier alpha value is -3.72. The van der Waals surface area contributed by atoms with E-state index in [2.05, 4.69) is 15.3 Å². The number of carbonyl (C=O) groups is 1. The lowest BCUT2D eigenvalue weighted by molar-refractivity contribution is 0.102. The van der Waals surface area contributed by atoms with E-state index in [1.807, 2.05) is 18.2 Å². The van der Waals surface area contributed by atoms with Crippen molar-refractivity contribution in [2.45, 2.75) is 6.54 Å². The lowest BCUT2D eigenvalue weighted by Gasteiger charge is -2.07. The van der Waals surface area contributed by atoms with Crippen LogP contribution in [-0.4, -0.2) is 27.2 Å². The summed E-state index contributed by atoms with van der Waals surface area (Å²) < 4.78 is 12.2. The third-order valence-electron chi connectivity index (χ3n) is 4.51. The van der Waals surface area contributed by atoms with Crippen LogP contribution in [0.3, 0.4) is 0 Å². The Morgan fingerprint density at radius 1 is 1.24 bits per heavy atom. The number of amides is 1. The molecule has 29 heavy (non-hydrogen) atoms. The number of benzene rings is 1. The highest BCUT2D eigenvalue weighted by Gasteiger charge is 2.19. The first-order valence-electron chi connectivity index (χ1n) is 8.75. The second-order valence-electron chi connectivity index (χ2n) is 6.39. The first-order chi connectivity index (χ1) is 14.2. The number of hydrogen-bond donors (Lipinski definition) is 1. The van der Waals surface area contributed by atoms with Gasteiger partial charge in [-0.2, -0.15) is 0 Å². The minimum absolute atomic E-state index is 0.191. The molecule has 0 saturated carbocycles. The molecule has 1 aliphatic heterocycles. The third kappa shape index (κ3) is 3.21. The highest BCUT2D eigenvalue weighted by atomic mass is 32.1. The van der Waals surface area contributed by atoms with Gasteiger partial charge < -0.3 is 14.8 Å². The Labute approximate surface area is 168 Å². The normalized spacial score (nSPS) is 12.3. The predicted molar refractivity (Wildman–Crippen MR) is 108 cm³/mol. The summed E-state index contributed by atoms with van der Waals surface area (Å²) in [6.07, 6.45) is 4.66. The number of ether oxygens (including phenoxy) is 2. The number of rotatable bonds is 4. The minimum Gasteiger partial charge on any atom is -0.454 e. The molecule has 0 unspecified atom stereocenters. The Morgan fingerprint density at radius 2 is 2.14 bits per heavy atom. The fourth-order valence-electron chi connectivity index (χ4n) is 3.12. The van der Waals surface area contributed by atoms with Gasteiger partial charge in [0.2, 0.25) is 6.79 Å². The van der Waals surface area contributed by atoms with Crippen LogP contribution >= 0.6 is 11.3 Å². The standard InChI is InChI=1S/C20H14N4O4S/c25-18(23-13-2-1-5-21-7-13)14-9-29-19-17(14)20(26)24(10-22-19)8-12-3-4-15-16(6-12)28-11-27-15/h1-7,9-10H,8,11H2,(H,23,25). The molecular formula is C20H14N4O4S. The Morgan fingerprint density at radius 3 is 3.00 bits per heavy atom. The van der Waals surface area contributed by atoms with E-state index in [-0.39, 0.29) is 18.3 Å². The molecule has 0 spiro atoms. The molecule has 144 valence electrons. The van der Waals surface area contributed by atoms with Gasteiger partial charge in [-0.15, -0.1) is 11.3 Å². The first-order valence-corrected chi connectivity index (χ1v) is 9.63. The summed E-state index contributed by atoms with van der Waals surface area (Å²) in [4.78, 5) is 34.6. The third-order valence-corrected chi connectivity index (χ3v) is 5.40. The molecule has 4 heterocycles. The quantitative estimate of drug-likeness (QED) is 0.560. The van der Waals surface area contributed by atoms with Gasteiger partial charge in [-0.25, -0.2) is 4.98 Å². The van der Waals surface area contributed by atoms with Crippen molar-refractivity contribution >= 4 is 33.1 Å². The zero-order chi connectivity index (χ0) is 19.8. The number of nitrogens with zero attached hydrogens (tertiary/aromatic N) is 3. The number of hydrogen-bond acceptors (Lipinski definition) is 7. The molecule has 0 fully saturated rings. The van der Waals surface area contributed by atoms with Gasteiger partial charge >= 0.3 is 0 Å². The number of carbonyl (C=O) groups excluding carboxylic acids is 1. The number of aromatic nitrogens is 3. The van der Waals surface area contributed by atoms with Crippen LogP contribution in [0.5, 0.6) is 11.5 Å². The summed E-state index contributed by atoms with van der Waals surface area (Å²) in [5.74, 6) is 0.961. The fraction of sp³-hybridized carbons (Fsp3) is 0.100. The first kappa shape index (κ1) is 17.4. The Balaban J connectivity index is 1.49. The van der Waals surface area contributed by atoms with Crippen LogP contribution < -0.4 is 20.3 Å². The van der Waals surface area contributed by atoms with Crippen molar-refractivity contribution in [1.82, 2.24) is 14.5 Å². The molecule has 1 aliphatic rings. The topological polar surface area (TPSA) is 95.3 Å². The van der Waals surface area contributed by atoms with Gasteiger partial charge in [0.1, 0.15) is 4.83 Å². The largest absolute Gasteiger partial charge is 0.454 e. The molecule has 4 aromatic rings. The van der Waals surface area contributed by atoms with Crippen LogP contribution in [0.4, 0.5) is 5.69 Å².